The van der Waals surface area contributed by atoms with Crippen LogP contribution in [0.3, 0.4) is 0 Å². The maximum atomic E-state index is 10.1. The van der Waals surface area contributed by atoms with E-state index in [0.29, 0.717) is 19.0 Å². The summed E-state index contributed by atoms with van der Waals surface area (Å²) in [4.78, 5) is 2.22. The van der Waals surface area contributed by atoms with E-state index in [1.54, 1.807) is 0 Å². The van der Waals surface area contributed by atoms with Gasteiger partial charge in [0, 0.05) is 6.54 Å². The second-order valence-electron chi connectivity index (χ2n) is 6.32. The molecular formula is C16H23N5O. The van der Waals surface area contributed by atoms with Gasteiger partial charge in [0.1, 0.15) is 0 Å². The first-order valence-corrected chi connectivity index (χ1v) is 7.80. The number of nitrogens with zero attached hydrogens (tertiary/aromatic N) is 5. The van der Waals surface area contributed by atoms with Gasteiger partial charge in [-0.2, -0.15) is 4.68 Å². The second kappa shape index (κ2) is 6.14. The maximum Gasteiger partial charge on any atom is 0.170 e. The Balaban J connectivity index is 1.84. The number of aliphatic hydroxyl groups is 1. The molecule has 2 heterocycles. The number of para-hydroxylation sites is 1. The molecule has 118 valence electrons. The first kappa shape index (κ1) is 15.1. The fourth-order valence-electron chi connectivity index (χ4n) is 3.08. The van der Waals surface area contributed by atoms with Crippen molar-refractivity contribution in [2.45, 2.75) is 39.8 Å². The highest BCUT2D eigenvalue weighted by Gasteiger charge is 2.25. The zero-order chi connectivity index (χ0) is 15.7. The van der Waals surface area contributed by atoms with E-state index < -0.39 is 0 Å². The van der Waals surface area contributed by atoms with Gasteiger partial charge in [0.15, 0.2) is 5.82 Å². The summed E-state index contributed by atoms with van der Waals surface area (Å²) < 4.78 is 1.83. The molecule has 6 heteroatoms. The summed E-state index contributed by atoms with van der Waals surface area (Å²) in [6.45, 7) is 8.55. The van der Waals surface area contributed by atoms with Crippen molar-refractivity contribution in [1.82, 2.24) is 25.1 Å². The van der Waals surface area contributed by atoms with Crippen LogP contribution in [-0.4, -0.2) is 49.4 Å². The molecule has 22 heavy (non-hydrogen) atoms. The van der Waals surface area contributed by atoms with Crippen LogP contribution in [0.2, 0.25) is 0 Å². The van der Waals surface area contributed by atoms with E-state index in [-0.39, 0.29) is 6.10 Å². The zero-order valence-electron chi connectivity index (χ0n) is 13.4. The first-order chi connectivity index (χ1) is 10.6. The van der Waals surface area contributed by atoms with Gasteiger partial charge < -0.3 is 5.11 Å². The number of aromatic nitrogens is 4. The quantitative estimate of drug-likeness (QED) is 0.930. The van der Waals surface area contributed by atoms with Crippen molar-refractivity contribution in [2.24, 2.45) is 5.92 Å². The fraction of sp³-hybridized carbons (Fsp3) is 0.562. The third-order valence-corrected chi connectivity index (χ3v) is 4.55. The number of aliphatic hydroxyl groups excluding tert-OH is 1. The highest BCUT2D eigenvalue weighted by Crippen LogP contribution is 2.21. The van der Waals surface area contributed by atoms with Crippen LogP contribution < -0.4 is 0 Å². The Labute approximate surface area is 130 Å². The Hall–Kier alpha value is -1.79. The summed E-state index contributed by atoms with van der Waals surface area (Å²) in [6, 6.07) is 6.18. The third-order valence-electron chi connectivity index (χ3n) is 4.55. The minimum Gasteiger partial charge on any atom is -0.392 e. The number of hydrogen-bond acceptors (Lipinski definition) is 5. The van der Waals surface area contributed by atoms with Gasteiger partial charge in [-0.3, -0.25) is 4.90 Å². The van der Waals surface area contributed by atoms with E-state index in [1.807, 2.05) is 10.7 Å². The fourth-order valence-corrected chi connectivity index (χ4v) is 3.08. The Morgan fingerprint density at radius 3 is 2.68 bits per heavy atom. The molecule has 2 aromatic rings. The Morgan fingerprint density at radius 1 is 1.27 bits per heavy atom. The van der Waals surface area contributed by atoms with Crippen molar-refractivity contribution >= 4 is 0 Å². The lowest BCUT2D eigenvalue weighted by Crippen LogP contribution is -2.42. The highest BCUT2D eigenvalue weighted by atomic mass is 16.3. The minimum absolute atomic E-state index is 0.265. The number of likely N-dealkylation sites (tertiary alicyclic amines) is 1. The van der Waals surface area contributed by atoms with Crippen LogP contribution in [0.4, 0.5) is 0 Å². The summed E-state index contributed by atoms with van der Waals surface area (Å²) in [5.41, 5.74) is 3.36. The molecule has 1 aliphatic heterocycles. The van der Waals surface area contributed by atoms with Gasteiger partial charge in [-0.15, -0.1) is 5.10 Å². The van der Waals surface area contributed by atoms with Crippen LogP contribution in [-0.2, 0) is 6.54 Å². The number of benzene rings is 1. The van der Waals surface area contributed by atoms with Crippen LogP contribution >= 0.6 is 0 Å². The molecule has 0 saturated carbocycles. The van der Waals surface area contributed by atoms with E-state index in [1.165, 1.54) is 0 Å². The van der Waals surface area contributed by atoms with Crippen LogP contribution in [0, 0.1) is 19.8 Å². The minimum atomic E-state index is -0.265. The zero-order valence-corrected chi connectivity index (χ0v) is 13.4. The molecule has 1 N–H and O–H groups in total. The molecule has 1 aliphatic rings. The largest absolute Gasteiger partial charge is 0.392 e. The molecule has 6 nitrogen and oxygen atoms in total. The van der Waals surface area contributed by atoms with Gasteiger partial charge in [-0.25, -0.2) is 0 Å². The predicted molar refractivity (Wildman–Crippen MR) is 83.7 cm³/mol. The standard InChI is InChI=1S/C16H23N5O/c1-11-7-8-20(9-14(11)22)10-15-17-18-19-21(15)16-12(2)5-4-6-13(16)3/h4-6,11,14,22H,7-10H2,1-3H3. The number of rotatable bonds is 3. The summed E-state index contributed by atoms with van der Waals surface area (Å²) >= 11 is 0. The lowest BCUT2D eigenvalue weighted by molar-refractivity contribution is 0.0246. The van der Waals surface area contributed by atoms with Crippen molar-refractivity contribution in [1.29, 1.82) is 0 Å². The van der Waals surface area contributed by atoms with E-state index in [0.717, 1.165) is 35.6 Å². The summed E-state index contributed by atoms with van der Waals surface area (Å²) in [6.07, 6.45) is 0.741. The van der Waals surface area contributed by atoms with Crippen LogP contribution in [0.25, 0.3) is 5.69 Å². The topological polar surface area (TPSA) is 67.1 Å². The lowest BCUT2D eigenvalue weighted by Gasteiger charge is -2.33. The first-order valence-electron chi connectivity index (χ1n) is 7.80. The van der Waals surface area contributed by atoms with Crippen molar-refractivity contribution in [3.05, 3.63) is 35.2 Å². The Morgan fingerprint density at radius 2 is 2.00 bits per heavy atom. The molecule has 0 radical (unpaired) electrons. The van der Waals surface area contributed by atoms with Crippen LogP contribution in [0.1, 0.15) is 30.3 Å². The third kappa shape index (κ3) is 2.89. The van der Waals surface area contributed by atoms with E-state index in [9.17, 15) is 5.11 Å². The summed E-state index contributed by atoms with van der Waals surface area (Å²) in [5, 5.41) is 22.3. The molecule has 1 aromatic heterocycles. The van der Waals surface area contributed by atoms with Gasteiger partial charge in [-0.1, -0.05) is 25.1 Å². The SMILES string of the molecule is Cc1cccc(C)c1-n1nnnc1CN1CCC(C)C(O)C1. The van der Waals surface area contributed by atoms with Crippen molar-refractivity contribution in [3.8, 4) is 5.69 Å². The number of piperidine rings is 1. The number of β-amino-alcohol motifs (C(OH)–C–C–N with tert-alkyl or cyclic N) is 1. The molecule has 0 aliphatic carbocycles. The van der Waals surface area contributed by atoms with Gasteiger partial charge in [-0.05, 0) is 54.3 Å². The lowest BCUT2D eigenvalue weighted by atomic mass is 9.96. The van der Waals surface area contributed by atoms with Gasteiger partial charge >= 0.3 is 0 Å². The molecule has 2 atom stereocenters. The Kier molecular flexibility index (Phi) is 4.22. The smallest absolute Gasteiger partial charge is 0.170 e. The number of hydrogen-bond donors (Lipinski definition) is 1. The maximum absolute atomic E-state index is 10.1. The van der Waals surface area contributed by atoms with Gasteiger partial charge in [0.2, 0.25) is 0 Å². The summed E-state index contributed by atoms with van der Waals surface area (Å²) in [7, 11) is 0. The predicted octanol–water partition coefficient (Wildman–Crippen LogP) is 1.48. The number of tetrazole rings is 1. The number of aryl methyl sites for hydroxylation is 2. The molecule has 0 spiro atoms. The Bertz CT molecular complexity index is 633. The van der Waals surface area contributed by atoms with Crippen molar-refractivity contribution in [2.75, 3.05) is 13.1 Å². The van der Waals surface area contributed by atoms with E-state index in [4.69, 9.17) is 0 Å². The van der Waals surface area contributed by atoms with Crippen LogP contribution in [0.15, 0.2) is 18.2 Å². The molecule has 0 amide bonds. The molecule has 1 saturated heterocycles. The van der Waals surface area contributed by atoms with Gasteiger partial charge in [0.25, 0.3) is 0 Å². The van der Waals surface area contributed by atoms with Crippen molar-refractivity contribution in [3.63, 3.8) is 0 Å². The van der Waals surface area contributed by atoms with Gasteiger partial charge in [0.05, 0.1) is 18.3 Å². The van der Waals surface area contributed by atoms with E-state index >= 15 is 0 Å². The molecule has 3 rings (SSSR count). The second-order valence-corrected chi connectivity index (χ2v) is 6.32. The molecule has 1 aromatic carbocycles. The molecular weight excluding hydrogens is 278 g/mol. The molecule has 2 unspecified atom stereocenters. The van der Waals surface area contributed by atoms with Crippen molar-refractivity contribution < 1.29 is 5.11 Å². The normalized spacial score (nSPS) is 22.9. The average Bonchev–Trinajstić information content (AvgIpc) is 2.91. The average molecular weight is 301 g/mol. The van der Waals surface area contributed by atoms with Crippen LogP contribution in [0.5, 0.6) is 0 Å². The summed E-state index contributed by atoms with van der Waals surface area (Å²) in [5.74, 6) is 1.19. The molecule has 0 bridgehead atoms. The highest BCUT2D eigenvalue weighted by molar-refractivity contribution is 5.46. The van der Waals surface area contributed by atoms with E-state index in [2.05, 4.69) is 53.3 Å². The molecule has 1 fully saturated rings. The monoisotopic (exact) mass is 301 g/mol.